The van der Waals surface area contributed by atoms with Gasteiger partial charge in [0.05, 0.1) is 19.8 Å². The monoisotopic (exact) mass is 326 g/mol. The highest BCUT2D eigenvalue weighted by molar-refractivity contribution is 5.94. The summed E-state index contributed by atoms with van der Waals surface area (Å²) in [6.07, 6.45) is 0.445. The largest absolute Gasteiger partial charge is 0.385 e. The fourth-order valence-corrected chi connectivity index (χ4v) is 2.53. The molecule has 0 aromatic heterocycles. The Hall–Kier alpha value is -2.37. The van der Waals surface area contributed by atoms with Gasteiger partial charge in [0.15, 0.2) is 6.10 Å². The van der Waals surface area contributed by atoms with E-state index in [0.717, 1.165) is 24.3 Å². The summed E-state index contributed by atoms with van der Waals surface area (Å²) in [5.74, 6) is -0.167. The van der Waals surface area contributed by atoms with Crippen molar-refractivity contribution in [3.05, 3.63) is 60.2 Å². The maximum atomic E-state index is 12.0. The van der Waals surface area contributed by atoms with Crippen LogP contribution in [0.15, 0.2) is 54.6 Å². The molecule has 2 aromatic carbocycles. The van der Waals surface area contributed by atoms with E-state index < -0.39 is 6.10 Å². The van der Waals surface area contributed by atoms with Crippen LogP contribution in [0.4, 0.5) is 11.4 Å². The van der Waals surface area contributed by atoms with Crippen LogP contribution in [0.5, 0.6) is 0 Å². The lowest BCUT2D eigenvalue weighted by Crippen LogP contribution is -2.39. The fourth-order valence-electron chi connectivity index (χ4n) is 2.53. The Morgan fingerprint density at radius 1 is 1.00 bits per heavy atom. The number of hydrogen-bond donors (Lipinski definition) is 2. The molecule has 0 bridgehead atoms. The second-order valence-electron chi connectivity index (χ2n) is 5.66. The Balaban J connectivity index is 1.45. The second kappa shape index (κ2) is 8.47. The first-order valence-corrected chi connectivity index (χ1v) is 8.19. The summed E-state index contributed by atoms with van der Waals surface area (Å²) >= 11 is 0. The molecule has 0 spiro atoms. The van der Waals surface area contributed by atoms with Crippen LogP contribution in [-0.4, -0.2) is 38.4 Å². The molecule has 0 aliphatic carbocycles. The van der Waals surface area contributed by atoms with Crippen molar-refractivity contribution >= 4 is 17.3 Å². The van der Waals surface area contributed by atoms with E-state index in [0.29, 0.717) is 19.8 Å². The Morgan fingerprint density at radius 2 is 1.75 bits per heavy atom. The molecule has 0 saturated carbocycles. The van der Waals surface area contributed by atoms with Crippen molar-refractivity contribution in [1.82, 2.24) is 0 Å². The zero-order valence-electron chi connectivity index (χ0n) is 13.5. The van der Waals surface area contributed by atoms with Crippen LogP contribution in [-0.2, 0) is 20.7 Å². The zero-order chi connectivity index (χ0) is 16.6. The van der Waals surface area contributed by atoms with Crippen LogP contribution < -0.4 is 10.6 Å². The molecule has 5 heteroatoms. The number of nitrogens with one attached hydrogen (secondary N) is 2. The van der Waals surface area contributed by atoms with E-state index in [-0.39, 0.29) is 5.91 Å². The van der Waals surface area contributed by atoms with Crippen LogP contribution in [0.25, 0.3) is 0 Å². The van der Waals surface area contributed by atoms with E-state index in [1.165, 1.54) is 5.56 Å². The van der Waals surface area contributed by atoms with Crippen molar-refractivity contribution < 1.29 is 14.3 Å². The lowest BCUT2D eigenvalue weighted by molar-refractivity contribution is -0.142. The molecular weight excluding hydrogens is 304 g/mol. The average Bonchev–Trinajstić information content (AvgIpc) is 2.65. The third-order valence-corrected chi connectivity index (χ3v) is 3.85. The highest BCUT2D eigenvalue weighted by Crippen LogP contribution is 2.15. The van der Waals surface area contributed by atoms with Gasteiger partial charge in [0.1, 0.15) is 0 Å². The Bertz CT molecular complexity index is 637. The maximum Gasteiger partial charge on any atom is 0.255 e. The summed E-state index contributed by atoms with van der Waals surface area (Å²) in [6, 6.07) is 18.0. The summed E-state index contributed by atoms with van der Waals surface area (Å²) in [6.45, 7) is 2.18. The Morgan fingerprint density at radius 3 is 2.46 bits per heavy atom. The van der Waals surface area contributed by atoms with E-state index in [4.69, 9.17) is 9.47 Å². The van der Waals surface area contributed by atoms with Gasteiger partial charge in [0, 0.05) is 17.9 Å². The number of amides is 1. The molecule has 1 atom stereocenters. The first kappa shape index (κ1) is 16.5. The number of rotatable bonds is 6. The number of hydrogen-bond acceptors (Lipinski definition) is 4. The Labute approximate surface area is 142 Å². The van der Waals surface area contributed by atoms with E-state index in [2.05, 4.69) is 22.8 Å². The van der Waals surface area contributed by atoms with Crippen LogP contribution in [0.2, 0.25) is 0 Å². The van der Waals surface area contributed by atoms with Gasteiger partial charge in [-0.1, -0.05) is 30.3 Å². The molecule has 0 radical (unpaired) electrons. The molecule has 0 unspecified atom stereocenters. The number of ether oxygens (including phenoxy) is 2. The van der Waals surface area contributed by atoms with Crippen LogP contribution >= 0.6 is 0 Å². The summed E-state index contributed by atoms with van der Waals surface area (Å²) in [5.41, 5.74) is 3.09. The van der Waals surface area contributed by atoms with Gasteiger partial charge < -0.3 is 20.1 Å². The Kier molecular flexibility index (Phi) is 5.82. The number of benzene rings is 2. The van der Waals surface area contributed by atoms with Crippen LogP contribution in [0.3, 0.4) is 0 Å². The molecule has 24 heavy (non-hydrogen) atoms. The van der Waals surface area contributed by atoms with Crippen molar-refractivity contribution in [2.45, 2.75) is 12.5 Å². The maximum absolute atomic E-state index is 12.0. The smallest absolute Gasteiger partial charge is 0.255 e. The van der Waals surface area contributed by atoms with E-state index in [9.17, 15) is 4.79 Å². The molecule has 1 saturated heterocycles. The van der Waals surface area contributed by atoms with Gasteiger partial charge >= 0.3 is 0 Å². The number of anilines is 2. The quantitative estimate of drug-likeness (QED) is 0.857. The standard InChI is InChI=1S/C19H22N2O3/c22-19(18-14-23-12-13-24-18)21-17-8-6-16(7-9-17)20-11-10-15-4-2-1-3-5-15/h1-9,18,20H,10-14H2,(H,21,22)/t18-/m1/s1. The molecule has 2 aromatic rings. The molecular formula is C19H22N2O3. The van der Waals surface area contributed by atoms with Crippen molar-refractivity contribution in [3.8, 4) is 0 Å². The molecule has 1 heterocycles. The van der Waals surface area contributed by atoms with Gasteiger partial charge in [-0.25, -0.2) is 0 Å². The molecule has 2 N–H and O–H groups in total. The number of carbonyl (C=O) groups excluding carboxylic acids is 1. The fraction of sp³-hybridized carbons (Fsp3) is 0.316. The van der Waals surface area contributed by atoms with Gasteiger partial charge in [-0.05, 0) is 36.2 Å². The molecule has 1 aliphatic rings. The van der Waals surface area contributed by atoms with E-state index >= 15 is 0 Å². The van der Waals surface area contributed by atoms with Crippen molar-refractivity contribution in [1.29, 1.82) is 0 Å². The zero-order valence-corrected chi connectivity index (χ0v) is 13.5. The van der Waals surface area contributed by atoms with Gasteiger partial charge in [-0.15, -0.1) is 0 Å². The van der Waals surface area contributed by atoms with E-state index in [1.807, 2.05) is 42.5 Å². The topological polar surface area (TPSA) is 59.6 Å². The third-order valence-electron chi connectivity index (χ3n) is 3.85. The normalized spacial score (nSPS) is 17.2. The SMILES string of the molecule is O=C(Nc1ccc(NCCc2ccccc2)cc1)[C@H]1COCCO1. The van der Waals surface area contributed by atoms with Gasteiger partial charge in [0.25, 0.3) is 5.91 Å². The molecule has 1 amide bonds. The first-order valence-electron chi connectivity index (χ1n) is 8.19. The van der Waals surface area contributed by atoms with Crippen LogP contribution in [0.1, 0.15) is 5.56 Å². The van der Waals surface area contributed by atoms with Crippen LogP contribution in [0, 0.1) is 0 Å². The minimum atomic E-state index is -0.526. The average molecular weight is 326 g/mol. The van der Waals surface area contributed by atoms with Gasteiger partial charge in [-0.3, -0.25) is 4.79 Å². The summed E-state index contributed by atoms with van der Waals surface area (Å²) < 4.78 is 10.6. The minimum absolute atomic E-state index is 0.167. The summed E-state index contributed by atoms with van der Waals surface area (Å²) in [4.78, 5) is 12.0. The molecule has 1 fully saturated rings. The first-order chi connectivity index (χ1) is 11.8. The molecule has 1 aliphatic heterocycles. The number of carbonyl (C=O) groups is 1. The van der Waals surface area contributed by atoms with Crippen molar-refractivity contribution in [2.75, 3.05) is 37.0 Å². The van der Waals surface area contributed by atoms with Gasteiger partial charge in [0.2, 0.25) is 0 Å². The van der Waals surface area contributed by atoms with Crippen molar-refractivity contribution in [3.63, 3.8) is 0 Å². The summed E-state index contributed by atoms with van der Waals surface area (Å²) in [7, 11) is 0. The van der Waals surface area contributed by atoms with E-state index in [1.54, 1.807) is 0 Å². The highest BCUT2D eigenvalue weighted by atomic mass is 16.6. The molecule has 3 rings (SSSR count). The predicted molar refractivity (Wildman–Crippen MR) is 94.3 cm³/mol. The lowest BCUT2D eigenvalue weighted by atomic mass is 10.1. The van der Waals surface area contributed by atoms with Gasteiger partial charge in [-0.2, -0.15) is 0 Å². The van der Waals surface area contributed by atoms with Crippen molar-refractivity contribution in [2.24, 2.45) is 0 Å². The lowest BCUT2D eigenvalue weighted by Gasteiger charge is -2.22. The second-order valence-corrected chi connectivity index (χ2v) is 5.66. The minimum Gasteiger partial charge on any atom is -0.385 e. The third kappa shape index (κ3) is 4.81. The predicted octanol–water partition coefficient (Wildman–Crippen LogP) is 2.70. The summed E-state index contributed by atoms with van der Waals surface area (Å²) in [5, 5.41) is 6.23. The highest BCUT2D eigenvalue weighted by Gasteiger charge is 2.22. The molecule has 5 nitrogen and oxygen atoms in total. The molecule has 126 valence electrons.